The van der Waals surface area contributed by atoms with Crippen LogP contribution in [-0.4, -0.2) is 59.5 Å². The van der Waals surface area contributed by atoms with E-state index in [1.54, 1.807) is 12.1 Å². The second kappa shape index (κ2) is 6.03. The summed E-state index contributed by atoms with van der Waals surface area (Å²) < 4.78 is 5.55. The lowest BCUT2D eigenvalue weighted by molar-refractivity contribution is 0.0563. The molecule has 2 heterocycles. The molecular formula is C15H14Cl2N2O4. The molecule has 8 heteroatoms. The molecule has 1 fully saturated rings. The molecule has 0 bridgehead atoms. The van der Waals surface area contributed by atoms with E-state index in [4.69, 9.17) is 27.6 Å². The average molecular weight is 357 g/mol. The zero-order valence-corrected chi connectivity index (χ0v) is 13.8. The van der Waals surface area contributed by atoms with Crippen LogP contribution in [0.3, 0.4) is 0 Å². The quantitative estimate of drug-likeness (QED) is 0.836. The minimum Gasteiger partial charge on any atom is -0.465 e. The molecule has 1 amide bonds. The second-order valence-electron chi connectivity index (χ2n) is 5.53. The molecule has 1 aromatic carbocycles. The van der Waals surface area contributed by atoms with Crippen molar-refractivity contribution in [2.24, 2.45) is 0 Å². The number of carboxylic acid groups (broad SMARTS) is 1. The molecule has 1 atom stereocenters. The maximum absolute atomic E-state index is 12.7. The van der Waals surface area contributed by atoms with Crippen molar-refractivity contribution in [1.29, 1.82) is 0 Å². The van der Waals surface area contributed by atoms with Crippen molar-refractivity contribution in [1.82, 2.24) is 9.80 Å². The Morgan fingerprint density at radius 3 is 2.70 bits per heavy atom. The summed E-state index contributed by atoms with van der Waals surface area (Å²) in [6.07, 6.45) is -1.12. The molecule has 0 radical (unpaired) electrons. The number of rotatable bonds is 2. The third-order valence-corrected chi connectivity index (χ3v) is 4.46. The van der Waals surface area contributed by atoms with E-state index < -0.39 is 12.1 Å². The third-order valence-electron chi connectivity index (χ3n) is 3.93. The van der Waals surface area contributed by atoms with Gasteiger partial charge in [0.15, 0.2) is 5.76 Å². The Bertz CT molecular complexity index is 789. The number of amides is 1. The van der Waals surface area contributed by atoms with Crippen LogP contribution in [0.4, 0.5) is 4.79 Å². The summed E-state index contributed by atoms with van der Waals surface area (Å²) in [5, 5.41) is 10.7. The van der Waals surface area contributed by atoms with Gasteiger partial charge in [0.05, 0.1) is 5.02 Å². The van der Waals surface area contributed by atoms with Gasteiger partial charge in [-0.25, -0.2) is 4.79 Å². The van der Waals surface area contributed by atoms with Gasteiger partial charge in [-0.2, -0.15) is 0 Å². The molecule has 0 aliphatic carbocycles. The summed E-state index contributed by atoms with van der Waals surface area (Å²) >= 11 is 12.0. The van der Waals surface area contributed by atoms with Gasteiger partial charge in [-0.1, -0.05) is 23.2 Å². The van der Waals surface area contributed by atoms with Gasteiger partial charge in [-0.05, 0) is 19.2 Å². The molecule has 6 nitrogen and oxygen atoms in total. The van der Waals surface area contributed by atoms with E-state index in [1.165, 1.54) is 6.07 Å². The van der Waals surface area contributed by atoms with E-state index in [2.05, 4.69) is 0 Å². The standard InChI is InChI=1S/C15H14Cl2N2O4/c1-18-2-3-19(15(21)22)11(7-18)14(20)13-6-9-10(17)4-8(16)5-12(9)23-13/h4-6,11H,2-3,7H2,1H3,(H,21,22). The van der Waals surface area contributed by atoms with Gasteiger partial charge in [-0.3, -0.25) is 9.69 Å². The number of piperazine rings is 1. The highest BCUT2D eigenvalue weighted by Gasteiger charge is 2.36. The van der Waals surface area contributed by atoms with E-state index in [-0.39, 0.29) is 18.1 Å². The predicted octanol–water partition coefficient (Wildman–Crippen LogP) is 3.22. The zero-order chi connectivity index (χ0) is 16.7. The van der Waals surface area contributed by atoms with E-state index in [0.29, 0.717) is 34.1 Å². The molecule has 0 spiro atoms. The lowest BCUT2D eigenvalue weighted by Crippen LogP contribution is -2.56. The average Bonchev–Trinajstić information content (AvgIpc) is 2.90. The fourth-order valence-corrected chi connectivity index (χ4v) is 3.25. The van der Waals surface area contributed by atoms with Crippen LogP contribution in [0.25, 0.3) is 11.0 Å². The van der Waals surface area contributed by atoms with Crippen LogP contribution >= 0.6 is 23.2 Å². The number of hydrogen-bond acceptors (Lipinski definition) is 4. The van der Waals surface area contributed by atoms with E-state index in [9.17, 15) is 14.7 Å². The molecule has 1 aliphatic heterocycles. The largest absolute Gasteiger partial charge is 0.465 e. The highest BCUT2D eigenvalue weighted by atomic mass is 35.5. The van der Waals surface area contributed by atoms with E-state index in [0.717, 1.165) is 4.90 Å². The highest BCUT2D eigenvalue weighted by molar-refractivity contribution is 6.38. The first-order valence-corrected chi connectivity index (χ1v) is 7.73. The molecule has 122 valence electrons. The lowest BCUT2D eigenvalue weighted by atomic mass is 10.1. The number of benzene rings is 1. The predicted molar refractivity (Wildman–Crippen MR) is 86.6 cm³/mol. The normalized spacial score (nSPS) is 19.3. The highest BCUT2D eigenvalue weighted by Crippen LogP contribution is 2.31. The minimum atomic E-state index is -1.12. The van der Waals surface area contributed by atoms with Gasteiger partial charge in [0.1, 0.15) is 11.6 Å². The van der Waals surface area contributed by atoms with E-state index in [1.807, 2.05) is 11.9 Å². The summed E-state index contributed by atoms with van der Waals surface area (Å²) in [4.78, 5) is 27.1. The first-order valence-electron chi connectivity index (χ1n) is 6.97. The van der Waals surface area contributed by atoms with Crippen LogP contribution in [0, 0.1) is 0 Å². The van der Waals surface area contributed by atoms with Crippen LogP contribution in [-0.2, 0) is 0 Å². The van der Waals surface area contributed by atoms with Crippen molar-refractivity contribution in [2.75, 3.05) is 26.7 Å². The molecule has 1 aliphatic rings. The minimum absolute atomic E-state index is 0.0794. The van der Waals surface area contributed by atoms with Crippen LogP contribution < -0.4 is 0 Å². The number of fused-ring (bicyclic) bond motifs is 1. The summed E-state index contributed by atoms with van der Waals surface area (Å²) in [5.41, 5.74) is 0.400. The smallest absolute Gasteiger partial charge is 0.408 e. The fourth-order valence-electron chi connectivity index (χ4n) is 2.72. The Morgan fingerprint density at radius 2 is 2.00 bits per heavy atom. The van der Waals surface area contributed by atoms with Crippen molar-refractivity contribution in [2.45, 2.75) is 6.04 Å². The number of hydrogen-bond donors (Lipinski definition) is 1. The summed E-state index contributed by atoms with van der Waals surface area (Å²) in [6.45, 7) is 1.17. The van der Waals surface area contributed by atoms with Crippen molar-refractivity contribution in [3.8, 4) is 0 Å². The number of ketones is 1. The molecule has 1 unspecified atom stereocenters. The van der Waals surface area contributed by atoms with Crippen LogP contribution in [0.15, 0.2) is 22.6 Å². The maximum Gasteiger partial charge on any atom is 0.408 e. The molecule has 1 aromatic heterocycles. The van der Waals surface area contributed by atoms with Crippen LogP contribution in [0.5, 0.6) is 0 Å². The number of carbonyl (C=O) groups excluding carboxylic acids is 1. The van der Waals surface area contributed by atoms with Crippen LogP contribution in [0.1, 0.15) is 10.6 Å². The summed E-state index contributed by atoms with van der Waals surface area (Å²) in [6, 6.07) is 3.86. The Morgan fingerprint density at radius 1 is 1.26 bits per heavy atom. The van der Waals surface area contributed by atoms with Crippen LogP contribution in [0.2, 0.25) is 10.0 Å². The van der Waals surface area contributed by atoms with Crippen molar-refractivity contribution >= 4 is 46.0 Å². The van der Waals surface area contributed by atoms with Crippen molar-refractivity contribution in [3.05, 3.63) is 34.0 Å². The van der Waals surface area contributed by atoms with Crippen molar-refractivity contribution < 1.29 is 19.1 Å². The Kier molecular flexibility index (Phi) is 4.23. The third kappa shape index (κ3) is 3.02. The molecule has 0 saturated carbocycles. The van der Waals surface area contributed by atoms with Gasteiger partial charge in [0.25, 0.3) is 0 Å². The molecule has 2 aromatic rings. The summed E-state index contributed by atoms with van der Waals surface area (Å²) in [5.74, 6) is -0.307. The Hall–Kier alpha value is -1.76. The number of Topliss-reactive ketones (excluding diaryl/α,β-unsaturated/α-hetero) is 1. The first kappa shape index (κ1) is 16.1. The number of nitrogens with zero attached hydrogens (tertiary/aromatic N) is 2. The molecular weight excluding hydrogens is 343 g/mol. The molecule has 1 saturated heterocycles. The van der Waals surface area contributed by atoms with Gasteiger partial charge in [0.2, 0.25) is 5.78 Å². The first-order chi connectivity index (χ1) is 10.9. The van der Waals surface area contributed by atoms with Gasteiger partial charge < -0.3 is 14.4 Å². The number of likely N-dealkylation sites (N-methyl/N-ethyl adjacent to an activating group) is 1. The summed E-state index contributed by atoms with van der Waals surface area (Å²) in [7, 11) is 1.84. The lowest BCUT2D eigenvalue weighted by Gasteiger charge is -2.36. The van der Waals surface area contributed by atoms with Gasteiger partial charge in [-0.15, -0.1) is 0 Å². The van der Waals surface area contributed by atoms with Gasteiger partial charge >= 0.3 is 6.09 Å². The Balaban J connectivity index is 1.98. The number of halogens is 2. The molecule has 3 rings (SSSR count). The maximum atomic E-state index is 12.7. The number of furan rings is 1. The van der Waals surface area contributed by atoms with Crippen molar-refractivity contribution in [3.63, 3.8) is 0 Å². The molecule has 23 heavy (non-hydrogen) atoms. The topological polar surface area (TPSA) is 74.0 Å². The Labute approximate surface area is 142 Å². The van der Waals surface area contributed by atoms with E-state index >= 15 is 0 Å². The number of carbonyl (C=O) groups is 2. The van der Waals surface area contributed by atoms with Gasteiger partial charge in [0, 0.05) is 36.1 Å². The second-order valence-corrected chi connectivity index (χ2v) is 6.37. The monoisotopic (exact) mass is 356 g/mol. The SMILES string of the molecule is CN1CCN(C(=O)O)C(C(=O)c2cc3c(Cl)cc(Cl)cc3o2)C1. The molecule has 1 N–H and O–H groups in total. The fraction of sp³-hybridized carbons (Fsp3) is 0.333. The zero-order valence-electron chi connectivity index (χ0n) is 12.3.